The number of thiophene rings is 1. The lowest BCUT2D eigenvalue weighted by molar-refractivity contribution is -0.115. The van der Waals surface area contributed by atoms with Crippen LogP contribution in [0.4, 0.5) is 5.69 Å². The van der Waals surface area contributed by atoms with Gasteiger partial charge in [-0.1, -0.05) is 42.5 Å². The number of benzene rings is 2. The molecule has 0 aliphatic carbocycles. The van der Waals surface area contributed by atoms with E-state index in [-0.39, 0.29) is 5.91 Å². The minimum Gasteiger partial charge on any atom is -0.325 e. The summed E-state index contributed by atoms with van der Waals surface area (Å²) in [6.45, 7) is 0. The van der Waals surface area contributed by atoms with Crippen LogP contribution >= 0.6 is 11.3 Å². The zero-order valence-electron chi connectivity index (χ0n) is 13.5. The van der Waals surface area contributed by atoms with Crippen LogP contribution < -0.4 is 5.32 Å². The number of rotatable bonds is 4. The van der Waals surface area contributed by atoms with Crippen molar-refractivity contribution in [3.8, 4) is 10.4 Å². The van der Waals surface area contributed by atoms with E-state index in [4.69, 9.17) is 0 Å². The molecule has 0 radical (unpaired) electrons. The molecule has 0 unspecified atom stereocenters. The van der Waals surface area contributed by atoms with Crippen molar-refractivity contribution in [2.75, 3.05) is 5.32 Å². The Morgan fingerprint density at radius 1 is 1.00 bits per heavy atom. The number of carbonyl (C=O) groups is 1. The van der Waals surface area contributed by atoms with Crippen molar-refractivity contribution in [1.29, 1.82) is 0 Å². The largest absolute Gasteiger partial charge is 0.325 e. The van der Waals surface area contributed by atoms with Crippen molar-refractivity contribution in [3.05, 3.63) is 84.0 Å². The van der Waals surface area contributed by atoms with Gasteiger partial charge in [0.15, 0.2) is 0 Å². The number of pyridine rings is 1. The molecule has 4 aromatic rings. The van der Waals surface area contributed by atoms with E-state index >= 15 is 0 Å². The van der Waals surface area contributed by atoms with Crippen LogP contribution in [0.3, 0.4) is 0 Å². The number of nitrogens with one attached hydrogen (secondary N) is 1. The van der Waals surface area contributed by atoms with Gasteiger partial charge in [0.2, 0.25) is 5.91 Å². The van der Waals surface area contributed by atoms with E-state index in [0.29, 0.717) is 6.42 Å². The van der Waals surface area contributed by atoms with Crippen LogP contribution in [0, 0.1) is 0 Å². The maximum Gasteiger partial charge on any atom is 0.228 e. The average Bonchev–Trinajstić information content (AvgIpc) is 3.11. The summed E-state index contributed by atoms with van der Waals surface area (Å²) in [4.78, 5) is 17.6. The Hall–Kier alpha value is -2.98. The summed E-state index contributed by atoms with van der Waals surface area (Å²) in [5.41, 5.74) is 2.98. The van der Waals surface area contributed by atoms with Crippen LogP contribution in [0.1, 0.15) is 5.56 Å². The van der Waals surface area contributed by atoms with Crippen LogP contribution in [-0.2, 0) is 11.2 Å². The molecule has 0 spiro atoms. The molecule has 0 aliphatic heterocycles. The molecular weight excluding hydrogens is 328 g/mol. The van der Waals surface area contributed by atoms with Crippen molar-refractivity contribution < 1.29 is 4.79 Å². The maximum absolute atomic E-state index is 12.5. The number of hydrogen-bond donors (Lipinski definition) is 1. The van der Waals surface area contributed by atoms with Gasteiger partial charge in [0.1, 0.15) is 0 Å². The Kier molecular flexibility index (Phi) is 4.27. The molecule has 1 N–H and O–H groups in total. The van der Waals surface area contributed by atoms with Crippen LogP contribution in [0.25, 0.3) is 21.2 Å². The maximum atomic E-state index is 12.5. The molecule has 122 valence electrons. The normalized spacial score (nSPS) is 10.7. The molecule has 4 rings (SSSR count). The lowest BCUT2D eigenvalue weighted by atomic mass is 10.0. The summed E-state index contributed by atoms with van der Waals surface area (Å²) in [7, 11) is 0. The average molecular weight is 344 g/mol. The third-order valence-corrected chi connectivity index (χ3v) is 5.06. The number of amides is 1. The zero-order chi connectivity index (χ0) is 17.1. The Morgan fingerprint density at radius 3 is 2.68 bits per heavy atom. The molecule has 25 heavy (non-hydrogen) atoms. The van der Waals surface area contributed by atoms with Crippen molar-refractivity contribution in [3.63, 3.8) is 0 Å². The topological polar surface area (TPSA) is 42.0 Å². The Balaban J connectivity index is 1.50. The van der Waals surface area contributed by atoms with Crippen LogP contribution in [0.15, 0.2) is 78.4 Å². The van der Waals surface area contributed by atoms with Gasteiger partial charge in [-0.15, -0.1) is 11.3 Å². The standard InChI is InChI=1S/C21H16N2OS/c24-21(12-17-6-3-5-15-4-1-2-7-19(15)17)23-18-13-20(25-14-18)16-8-10-22-11-9-16/h1-11,13-14H,12H2,(H,23,24). The van der Waals surface area contributed by atoms with Crippen molar-refractivity contribution in [2.24, 2.45) is 0 Å². The molecular formula is C21H16N2OS. The number of nitrogens with zero attached hydrogens (tertiary/aromatic N) is 1. The monoisotopic (exact) mass is 344 g/mol. The highest BCUT2D eigenvalue weighted by Gasteiger charge is 2.09. The van der Waals surface area contributed by atoms with Gasteiger partial charge in [0.25, 0.3) is 0 Å². The third kappa shape index (κ3) is 3.44. The molecule has 0 saturated carbocycles. The lowest BCUT2D eigenvalue weighted by Crippen LogP contribution is -2.14. The van der Waals surface area contributed by atoms with E-state index in [2.05, 4.69) is 28.5 Å². The summed E-state index contributed by atoms with van der Waals surface area (Å²) >= 11 is 1.61. The highest BCUT2D eigenvalue weighted by Crippen LogP contribution is 2.29. The second-order valence-electron chi connectivity index (χ2n) is 5.80. The number of carbonyl (C=O) groups excluding carboxylic acids is 1. The fourth-order valence-electron chi connectivity index (χ4n) is 2.89. The molecule has 0 saturated heterocycles. The molecule has 0 atom stereocenters. The number of aromatic nitrogens is 1. The third-order valence-electron chi connectivity index (χ3n) is 4.08. The van der Waals surface area contributed by atoms with Gasteiger partial charge >= 0.3 is 0 Å². The molecule has 4 heteroatoms. The molecule has 2 heterocycles. The first kappa shape index (κ1) is 15.5. The molecule has 1 amide bonds. The van der Waals surface area contributed by atoms with Crippen LogP contribution in [0.2, 0.25) is 0 Å². The van der Waals surface area contributed by atoms with E-state index in [1.807, 2.05) is 47.8 Å². The van der Waals surface area contributed by atoms with Gasteiger partial charge in [-0.3, -0.25) is 9.78 Å². The van der Waals surface area contributed by atoms with E-state index in [9.17, 15) is 4.79 Å². The molecule has 3 nitrogen and oxygen atoms in total. The first-order valence-corrected chi connectivity index (χ1v) is 8.93. The van der Waals surface area contributed by atoms with Gasteiger partial charge in [-0.25, -0.2) is 0 Å². The Bertz CT molecular complexity index is 1020. The van der Waals surface area contributed by atoms with Gasteiger partial charge in [0.05, 0.1) is 12.1 Å². The second-order valence-corrected chi connectivity index (χ2v) is 6.71. The van der Waals surface area contributed by atoms with Crippen LogP contribution in [0.5, 0.6) is 0 Å². The number of hydrogen-bond acceptors (Lipinski definition) is 3. The Morgan fingerprint density at radius 2 is 1.80 bits per heavy atom. The van der Waals surface area contributed by atoms with Gasteiger partial charge in [-0.2, -0.15) is 0 Å². The quantitative estimate of drug-likeness (QED) is 0.557. The van der Waals surface area contributed by atoms with Gasteiger partial charge < -0.3 is 5.32 Å². The summed E-state index contributed by atoms with van der Waals surface area (Å²) < 4.78 is 0. The molecule has 0 fully saturated rings. The predicted molar refractivity (Wildman–Crippen MR) is 104 cm³/mol. The SMILES string of the molecule is O=C(Cc1cccc2ccccc12)Nc1csc(-c2ccncc2)c1. The van der Waals surface area contributed by atoms with E-state index < -0.39 is 0 Å². The minimum absolute atomic E-state index is 0.00423. The number of anilines is 1. The highest BCUT2D eigenvalue weighted by molar-refractivity contribution is 7.14. The fourth-order valence-corrected chi connectivity index (χ4v) is 3.74. The summed E-state index contributed by atoms with van der Waals surface area (Å²) in [6.07, 6.45) is 3.91. The second kappa shape index (κ2) is 6.87. The number of fused-ring (bicyclic) bond motifs is 1. The lowest BCUT2D eigenvalue weighted by Gasteiger charge is -2.07. The molecule has 2 aromatic heterocycles. The van der Waals surface area contributed by atoms with Crippen molar-refractivity contribution in [1.82, 2.24) is 4.98 Å². The van der Waals surface area contributed by atoms with E-state index in [1.165, 1.54) is 0 Å². The van der Waals surface area contributed by atoms with Gasteiger partial charge in [0, 0.05) is 22.7 Å². The summed E-state index contributed by atoms with van der Waals surface area (Å²) in [6, 6.07) is 20.1. The first-order valence-electron chi connectivity index (χ1n) is 8.05. The van der Waals surface area contributed by atoms with Gasteiger partial charge in [-0.05, 0) is 40.1 Å². The smallest absolute Gasteiger partial charge is 0.228 e. The van der Waals surface area contributed by atoms with Crippen LogP contribution in [-0.4, -0.2) is 10.9 Å². The molecule has 0 bridgehead atoms. The highest BCUT2D eigenvalue weighted by atomic mass is 32.1. The van der Waals surface area contributed by atoms with E-state index in [1.54, 1.807) is 23.7 Å². The first-order chi connectivity index (χ1) is 12.3. The van der Waals surface area contributed by atoms with Crippen molar-refractivity contribution in [2.45, 2.75) is 6.42 Å². The fraction of sp³-hybridized carbons (Fsp3) is 0.0476. The summed E-state index contributed by atoms with van der Waals surface area (Å²) in [5, 5.41) is 7.25. The Labute approximate surface area is 150 Å². The molecule has 2 aromatic carbocycles. The minimum atomic E-state index is -0.00423. The van der Waals surface area contributed by atoms with Crippen molar-refractivity contribution >= 4 is 33.7 Å². The summed E-state index contributed by atoms with van der Waals surface area (Å²) in [5.74, 6) is -0.00423. The predicted octanol–water partition coefficient (Wildman–Crippen LogP) is 5.14. The zero-order valence-corrected chi connectivity index (χ0v) is 14.3. The molecule has 0 aliphatic rings. The van der Waals surface area contributed by atoms with E-state index in [0.717, 1.165) is 32.5 Å².